The summed E-state index contributed by atoms with van der Waals surface area (Å²) in [6.45, 7) is 6.14. The molecule has 0 unspecified atom stereocenters. The van der Waals surface area contributed by atoms with E-state index in [1.165, 1.54) is 0 Å². The van der Waals surface area contributed by atoms with Crippen LogP contribution < -0.4 is 5.43 Å². The van der Waals surface area contributed by atoms with Crippen LogP contribution in [0.3, 0.4) is 0 Å². The van der Waals surface area contributed by atoms with E-state index >= 15 is 0 Å². The standard InChI is InChI=1S/C13H15NO/c1-13(2,3)10-8-14-11-7-5-4-6-9(11)12(10)15/h4-8H,1-3H3,(H,14,15). The fourth-order valence-electron chi connectivity index (χ4n) is 1.72. The summed E-state index contributed by atoms with van der Waals surface area (Å²) < 4.78 is 0. The number of benzene rings is 1. The summed E-state index contributed by atoms with van der Waals surface area (Å²) in [5.41, 5.74) is 1.76. The molecular weight excluding hydrogens is 186 g/mol. The number of fused-ring (bicyclic) bond motifs is 1. The number of rotatable bonds is 0. The van der Waals surface area contributed by atoms with Crippen LogP contribution in [0, 0.1) is 0 Å². The summed E-state index contributed by atoms with van der Waals surface area (Å²) in [5, 5.41) is 0.768. The van der Waals surface area contributed by atoms with E-state index in [1.807, 2.05) is 51.2 Å². The molecule has 0 radical (unpaired) electrons. The van der Waals surface area contributed by atoms with Gasteiger partial charge in [-0.05, 0) is 17.5 Å². The molecule has 1 heterocycles. The number of para-hydroxylation sites is 1. The molecule has 0 amide bonds. The number of hydrogen-bond acceptors (Lipinski definition) is 1. The lowest BCUT2D eigenvalue weighted by Gasteiger charge is -2.18. The lowest BCUT2D eigenvalue weighted by molar-refractivity contribution is 0.584. The molecule has 0 spiro atoms. The highest BCUT2D eigenvalue weighted by atomic mass is 16.1. The van der Waals surface area contributed by atoms with Gasteiger partial charge >= 0.3 is 0 Å². The molecule has 0 aliphatic carbocycles. The Hall–Kier alpha value is -1.57. The SMILES string of the molecule is CC(C)(C)c1c[nH]c2ccccc2c1=O. The maximum absolute atomic E-state index is 12.2. The van der Waals surface area contributed by atoms with E-state index in [9.17, 15) is 4.79 Å². The van der Waals surface area contributed by atoms with Crippen molar-refractivity contribution in [3.63, 3.8) is 0 Å². The number of aromatic nitrogens is 1. The van der Waals surface area contributed by atoms with Gasteiger partial charge in [-0.3, -0.25) is 4.79 Å². The number of pyridine rings is 1. The van der Waals surface area contributed by atoms with Gasteiger partial charge in [-0.25, -0.2) is 0 Å². The van der Waals surface area contributed by atoms with E-state index in [4.69, 9.17) is 0 Å². The first-order valence-electron chi connectivity index (χ1n) is 5.11. The molecule has 15 heavy (non-hydrogen) atoms. The lowest BCUT2D eigenvalue weighted by atomic mass is 9.87. The molecule has 2 nitrogen and oxygen atoms in total. The summed E-state index contributed by atoms with van der Waals surface area (Å²) in [6.07, 6.45) is 1.82. The molecule has 78 valence electrons. The normalized spacial score (nSPS) is 11.9. The minimum absolute atomic E-state index is 0.113. The van der Waals surface area contributed by atoms with Gasteiger partial charge in [0, 0.05) is 22.7 Å². The van der Waals surface area contributed by atoms with Crippen LogP contribution in [0.4, 0.5) is 0 Å². The van der Waals surface area contributed by atoms with Crippen LogP contribution in [0.25, 0.3) is 10.9 Å². The van der Waals surface area contributed by atoms with Crippen LogP contribution in [-0.2, 0) is 5.41 Å². The third-order valence-corrected chi connectivity index (χ3v) is 2.60. The first kappa shape index (κ1) is 9.97. The Morgan fingerprint density at radius 2 is 1.80 bits per heavy atom. The van der Waals surface area contributed by atoms with Crippen molar-refractivity contribution < 1.29 is 0 Å². The fraction of sp³-hybridized carbons (Fsp3) is 0.308. The van der Waals surface area contributed by atoms with Crippen LogP contribution >= 0.6 is 0 Å². The van der Waals surface area contributed by atoms with E-state index in [0.29, 0.717) is 0 Å². The van der Waals surface area contributed by atoms with Crippen molar-refractivity contribution in [1.29, 1.82) is 0 Å². The molecular formula is C13H15NO. The van der Waals surface area contributed by atoms with Crippen LogP contribution in [0.5, 0.6) is 0 Å². The second kappa shape index (κ2) is 3.23. The van der Waals surface area contributed by atoms with Crippen molar-refractivity contribution in [2.75, 3.05) is 0 Å². The first-order valence-corrected chi connectivity index (χ1v) is 5.11. The Morgan fingerprint density at radius 1 is 1.13 bits per heavy atom. The van der Waals surface area contributed by atoms with Crippen molar-refractivity contribution in [2.24, 2.45) is 0 Å². The monoisotopic (exact) mass is 201 g/mol. The summed E-state index contributed by atoms with van der Waals surface area (Å²) in [7, 11) is 0. The van der Waals surface area contributed by atoms with Crippen LogP contribution in [0.1, 0.15) is 26.3 Å². The zero-order valence-corrected chi connectivity index (χ0v) is 9.29. The number of H-pyrrole nitrogens is 1. The molecule has 2 heteroatoms. The van der Waals surface area contributed by atoms with Gasteiger partial charge in [0.15, 0.2) is 5.43 Å². The largest absolute Gasteiger partial charge is 0.361 e. The van der Waals surface area contributed by atoms with E-state index in [2.05, 4.69) is 4.98 Å². The second-order valence-electron chi connectivity index (χ2n) is 4.83. The predicted octanol–water partition coefficient (Wildman–Crippen LogP) is 2.83. The maximum atomic E-state index is 12.2. The maximum Gasteiger partial charge on any atom is 0.193 e. The molecule has 2 aromatic rings. The van der Waals surface area contributed by atoms with E-state index in [1.54, 1.807) is 0 Å². The van der Waals surface area contributed by atoms with E-state index in [0.717, 1.165) is 16.5 Å². The van der Waals surface area contributed by atoms with Crippen molar-refractivity contribution in [3.8, 4) is 0 Å². The van der Waals surface area contributed by atoms with Crippen LogP contribution in [0.2, 0.25) is 0 Å². The smallest absolute Gasteiger partial charge is 0.193 e. The second-order valence-corrected chi connectivity index (χ2v) is 4.83. The summed E-state index contributed by atoms with van der Waals surface area (Å²) in [6, 6.07) is 7.60. The van der Waals surface area contributed by atoms with Crippen molar-refractivity contribution >= 4 is 10.9 Å². The summed E-state index contributed by atoms with van der Waals surface area (Å²) in [4.78, 5) is 15.3. The van der Waals surface area contributed by atoms with Crippen LogP contribution in [0.15, 0.2) is 35.3 Å². The lowest BCUT2D eigenvalue weighted by Crippen LogP contribution is -2.22. The summed E-state index contributed by atoms with van der Waals surface area (Å²) in [5.74, 6) is 0. The molecule has 0 aliphatic rings. The Bertz CT molecular complexity index is 546. The molecule has 0 bridgehead atoms. The van der Waals surface area contributed by atoms with Gasteiger partial charge in [0.2, 0.25) is 0 Å². The first-order chi connectivity index (χ1) is 7.00. The molecule has 0 atom stereocenters. The molecule has 1 aromatic heterocycles. The van der Waals surface area contributed by atoms with Gasteiger partial charge in [-0.15, -0.1) is 0 Å². The third-order valence-electron chi connectivity index (χ3n) is 2.60. The van der Waals surface area contributed by atoms with Crippen molar-refractivity contribution in [1.82, 2.24) is 4.98 Å². The minimum atomic E-state index is -0.113. The fourth-order valence-corrected chi connectivity index (χ4v) is 1.72. The number of hydrogen-bond donors (Lipinski definition) is 1. The molecule has 2 rings (SSSR count). The van der Waals surface area contributed by atoms with Gasteiger partial charge in [0.25, 0.3) is 0 Å². The molecule has 0 saturated carbocycles. The zero-order valence-electron chi connectivity index (χ0n) is 9.29. The quantitative estimate of drug-likeness (QED) is 0.698. The van der Waals surface area contributed by atoms with E-state index in [-0.39, 0.29) is 10.8 Å². The van der Waals surface area contributed by atoms with Gasteiger partial charge in [-0.1, -0.05) is 32.9 Å². The van der Waals surface area contributed by atoms with Gasteiger partial charge in [-0.2, -0.15) is 0 Å². The average Bonchev–Trinajstić information content (AvgIpc) is 2.16. The average molecular weight is 201 g/mol. The van der Waals surface area contributed by atoms with Crippen LogP contribution in [-0.4, -0.2) is 4.98 Å². The van der Waals surface area contributed by atoms with Crippen molar-refractivity contribution in [2.45, 2.75) is 26.2 Å². The Labute approximate surface area is 89.0 Å². The number of nitrogens with one attached hydrogen (secondary N) is 1. The third kappa shape index (κ3) is 1.67. The van der Waals surface area contributed by atoms with Gasteiger partial charge in [0.05, 0.1) is 0 Å². The Balaban J connectivity index is 2.83. The molecule has 0 aliphatic heterocycles. The zero-order chi connectivity index (χ0) is 11.1. The van der Waals surface area contributed by atoms with Crippen molar-refractivity contribution in [3.05, 3.63) is 46.2 Å². The molecule has 0 saturated heterocycles. The number of aromatic amines is 1. The minimum Gasteiger partial charge on any atom is -0.361 e. The Morgan fingerprint density at radius 3 is 2.47 bits per heavy atom. The summed E-state index contributed by atoms with van der Waals surface area (Å²) >= 11 is 0. The highest BCUT2D eigenvalue weighted by Crippen LogP contribution is 2.19. The topological polar surface area (TPSA) is 32.9 Å². The molecule has 0 fully saturated rings. The highest BCUT2D eigenvalue weighted by molar-refractivity contribution is 5.78. The van der Waals surface area contributed by atoms with E-state index < -0.39 is 0 Å². The van der Waals surface area contributed by atoms with Gasteiger partial charge < -0.3 is 4.98 Å². The highest BCUT2D eigenvalue weighted by Gasteiger charge is 2.18. The molecule has 1 aromatic carbocycles. The van der Waals surface area contributed by atoms with Gasteiger partial charge in [0.1, 0.15) is 0 Å². The predicted molar refractivity (Wildman–Crippen MR) is 63.3 cm³/mol. The molecule has 1 N–H and O–H groups in total. The Kier molecular flexibility index (Phi) is 2.14.